The van der Waals surface area contributed by atoms with Crippen LogP contribution in [0.25, 0.3) is 82.2 Å². The van der Waals surface area contributed by atoms with E-state index in [1.165, 1.54) is 82.0 Å². The van der Waals surface area contributed by atoms with Crippen molar-refractivity contribution in [3.63, 3.8) is 0 Å². The van der Waals surface area contributed by atoms with Crippen molar-refractivity contribution in [3.05, 3.63) is 163 Å². The molecule has 1 nitrogen and oxygen atoms in total. The zero-order chi connectivity index (χ0) is 33.7. The smallest absolute Gasteiger partial charge is 0.0694 e. The number of benzene rings is 8. The minimum absolute atomic E-state index is 0.0643. The van der Waals surface area contributed by atoms with Crippen LogP contribution in [0.1, 0.15) is 38.8 Å². The molecule has 49 heavy (non-hydrogen) atoms. The Kier molecular flexibility index (Phi) is 7.49. The van der Waals surface area contributed by atoms with Crippen molar-refractivity contribution in [3.8, 4) is 33.4 Å². The molecule has 0 spiro atoms. The van der Waals surface area contributed by atoms with Gasteiger partial charge in [-0.25, -0.2) is 0 Å². The largest absolute Gasteiger partial charge is 0.264 e. The number of fused-ring (bicyclic) bond motifs is 1. The van der Waals surface area contributed by atoms with Gasteiger partial charge < -0.3 is 0 Å². The summed E-state index contributed by atoms with van der Waals surface area (Å²) in [6.45, 7) is 12.7. The van der Waals surface area contributed by atoms with E-state index in [1.54, 1.807) is 0 Å². The zero-order valence-electron chi connectivity index (χ0n) is 28.6. The third kappa shape index (κ3) is 5.32. The van der Waals surface area contributed by atoms with Crippen molar-refractivity contribution in [1.82, 2.24) is 0 Å². The van der Waals surface area contributed by atoms with Crippen LogP contribution in [0, 0.1) is 0 Å². The predicted octanol–water partition coefficient (Wildman–Crippen LogP) is 13.7. The van der Waals surface area contributed by atoms with Gasteiger partial charge in [0.05, 0.1) is 5.70 Å². The Labute approximate surface area is 288 Å². The summed E-state index contributed by atoms with van der Waals surface area (Å²) in [5.41, 5.74) is 10.7. The maximum atomic E-state index is 4.29. The van der Waals surface area contributed by atoms with Gasteiger partial charge in [-0.05, 0) is 113 Å². The lowest BCUT2D eigenvalue weighted by Gasteiger charge is -2.23. The van der Waals surface area contributed by atoms with E-state index in [0.717, 1.165) is 11.3 Å². The Morgan fingerprint density at radius 1 is 0.551 bits per heavy atom. The molecule has 0 fully saturated rings. The van der Waals surface area contributed by atoms with Gasteiger partial charge in [-0.15, -0.1) is 0 Å². The molecule has 8 aromatic rings. The Morgan fingerprint density at radius 2 is 1.12 bits per heavy atom. The lowest BCUT2D eigenvalue weighted by molar-refractivity contribution is 0.591. The first kappa shape index (κ1) is 30.5. The normalized spacial score (nSPS) is 12.6. The molecule has 0 aliphatic heterocycles. The van der Waals surface area contributed by atoms with E-state index in [4.69, 9.17) is 0 Å². The van der Waals surface area contributed by atoms with Crippen molar-refractivity contribution < 1.29 is 0 Å². The highest BCUT2D eigenvalue weighted by Gasteiger charge is 2.20. The first-order chi connectivity index (χ1) is 23.8. The molecule has 0 N–H and O–H groups in total. The van der Waals surface area contributed by atoms with Gasteiger partial charge in [-0.2, -0.15) is 0 Å². The molecule has 0 aliphatic rings. The van der Waals surface area contributed by atoms with Gasteiger partial charge >= 0.3 is 0 Å². The molecule has 8 rings (SSSR count). The molecule has 8 aromatic carbocycles. The van der Waals surface area contributed by atoms with Crippen molar-refractivity contribution in [2.24, 2.45) is 4.99 Å². The zero-order valence-corrected chi connectivity index (χ0v) is 28.6. The van der Waals surface area contributed by atoms with Gasteiger partial charge in [0.15, 0.2) is 0 Å². The molecule has 0 atom stereocenters. The van der Waals surface area contributed by atoms with E-state index in [9.17, 15) is 0 Å². The van der Waals surface area contributed by atoms with Gasteiger partial charge in [0.25, 0.3) is 0 Å². The first-order valence-electron chi connectivity index (χ1n) is 17.1. The van der Waals surface area contributed by atoms with Crippen LogP contribution in [-0.4, -0.2) is 6.72 Å². The van der Waals surface area contributed by atoms with Gasteiger partial charge in [0.2, 0.25) is 0 Å². The van der Waals surface area contributed by atoms with E-state index in [2.05, 4.69) is 166 Å². The second-order valence-corrected chi connectivity index (χ2v) is 14.0. The summed E-state index contributed by atoms with van der Waals surface area (Å²) in [6.07, 6.45) is 6.01. The van der Waals surface area contributed by atoms with Crippen LogP contribution in [0.5, 0.6) is 0 Å². The first-order valence-corrected chi connectivity index (χ1v) is 17.1. The summed E-state index contributed by atoms with van der Waals surface area (Å²) in [4.78, 5) is 4.29. The number of rotatable bonds is 6. The van der Waals surface area contributed by atoms with Crippen LogP contribution in [0.3, 0.4) is 0 Å². The molecule has 0 aliphatic carbocycles. The third-order valence-electron chi connectivity index (χ3n) is 9.99. The summed E-state index contributed by atoms with van der Waals surface area (Å²) in [6, 6.07) is 49.6. The number of hydrogen-bond acceptors (Lipinski definition) is 1. The molecule has 236 valence electrons. The summed E-state index contributed by atoms with van der Waals surface area (Å²) >= 11 is 0. The number of aliphatic imine (C=N–C) groups is 1. The highest BCUT2D eigenvalue weighted by atomic mass is 14.7. The van der Waals surface area contributed by atoms with Crippen LogP contribution < -0.4 is 0 Å². The predicted molar refractivity (Wildman–Crippen MR) is 215 cm³/mol. The topological polar surface area (TPSA) is 12.4 Å². The minimum Gasteiger partial charge on any atom is -0.264 e. The molecular formula is C48H39N. The second-order valence-electron chi connectivity index (χ2n) is 14.0. The van der Waals surface area contributed by atoms with Gasteiger partial charge in [0.1, 0.15) is 0 Å². The van der Waals surface area contributed by atoms with Crippen LogP contribution in [-0.2, 0) is 5.41 Å². The molecule has 0 radical (unpaired) electrons. The Hall–Kier alpha value is -5.79. The SMILES string of the molecule is C=N/C(=C\C=C/C)c1ccc(-c2cc(-c3ccc(-c4cccc5ccccc45)cc3)c3ccc4cc(C(C)(C)C)cc5ccc2c3c54)cc1. The number of allylic oxidation sites excluding steroid dienone is 3. The quantitative estimate of drug-likeness (QED) is 0.0986. The average molecular weight is 630 g/mol. The maximum absolute atomic E-state index is 4.29. The molecule has 0 saturated heterocycles. The fourth-order valence-corrected chi connectivity index (χ4v) is 7.38. The van der Waals surface area contributed by atoms with E-state index < -0.39 is 0 Å². The molecule has 0 saturated carbocycles. The van der Waals surface area contributed by atoms with Gasteiger partial charge in [0, 0.05) is 5.56 Å². The molecule has 0 bridgehead atoms. The van der Waals surface area contributed by atoms with Gasteiger partial charge in [-0.1, -0.05) is 160 Å². The van der Waals surface area contributed by atoms with E-state index in [0.29, 0.717) is 0 Å². The van der Waals surface area contributed by atoms with Gasteiger partial charge in [-0.3, -0.25) is 4.99 Å². The third-order valence-corrected chi connectivity index (χ3v) is 9.99. The minimum atomic E-state index is 0.0643. The Bertz CT molecular complexity index is 2550. The highest BCUT2D eigenvalue weighted by molar-refractivity contribution is 6.28. The summed E-state index contributed by atoms with van der Waals surface area (Å²) in [5.74, 6) is 0. The average Bonchev–Trinajstić information content (AvgIpc) is 3.13. The van der Waals surface area contributed by atoms with E-state index in [1.807, 2.05) is 25.2 Å². The molecule has 0 heterocycles. The molecular weight excluding hydrogens is 591 g/mol. The lowest BCUT2D eigenvalue weighted by atomic mass is 9.81. The van der Waals surface area contributed by atoms with E-state index in [-0.39, 0.29) is 5.41 Å². The standard InChI is InChI=1S/C48H39N/c1-6-7-15-45(49-5)35-22-20-34(21-23-35)44-30-43(33-18-16-32(17-19-33)40-14-10-12-31-11-8-9-13-39(31)40)41-26-24-36-28-38(48(2,3)4)29-37-25-27-42(44)47(41)46(36)37/h6-30H,5H2,1-4H3/b7-6-,45-15-. The fraction of sp³-hybridized carbons (Fsp3) is 0.104. The molecule has 0 unspecified atom stereocenters. The Balaban J connectivity index is 1.35. The van der Waals surface area contributed by atoms with E-state index >= 15 is 0 Å². The van der Waals surface area contributed by atoms with Crippen molar-refractivity contribution in [1.29, 1.82) is 0 Å². The maximum Gasteiger partial charge on any atom is 0.0694 e. The molecule has 1 heteroatoms. The number of hydrogen-bond donors (Lipinski definition) is 0. The highest BCUT2D eigenvalue weighted by Crippen LogP contribution is 2.45. The fourth-order valence-electron chi connectivity index (χ4n) is 7.38. The van der Waals surface area contributed by atoms with Crippen molar-refractivity contribution in [2.75, 3.05) is 0 Å². The van der Waals surface area contributed by atoms with Crippen LogP contribution in [0.15, 0.2) is 157 Å². The molecule has 0 aromatic heterocycles. The number of nitrogens with zero attached hydrogens (tertiary/aromatic N) is 1. The van der Waals surface area contributed by atoms with Crippen LogP contribution >= 0.6 is 0 Å². The van der Waals surface area contributed by atoms with Crippen molar-refractivity contribution >= 4 is 55.5 Å². The second kappa shape index (κ2) is 12.0. The monoisotopic (exact) mass is 629 g/mol. The lowest BCUT2D eigenvalue weighted by Crippen LogP contribution is -2.10. The molecule has 0 amide bonds. The summed E-state index contributed by atoms with van der Waals surface area (Å²) < 4.78 is 0. The summed E-state index contributed by atoms with van der Waals surface area (Å²) in [7, 11) is 0. The van der Waals surface area contributed by atoms with Crippen LogP contribution in [0.2, 0.25) is 0 Å². The van der Waals surface area contributed by atoms with Crippen molar-refractivity contribution in [2.45, 2.75) is 33.1 Å². The summed E-state index contributed by atoms with van der Waals surface area (Å²) in [5, 5.41) is 10.3. The van der Waals surface area contributed by atoms with Crippen LogP contribution in [0.4, 0.5) is 0 Å². The Morgan fingerprint density at radius 3 is 1.71 bits per heavy atom.